The molecule has 0 N–H and O–H groups in total. The van der Waals surface area contributed by atoms with E-state index in [0.717, 1.165) is 19.4 Å². The summed E-state index contributed by atoms with van der Waals surface area (Å²) in [5, 5.41) is 0. The largest absolute Gasteiger partial charge is 0.373 e. The second-order valence-corrected chi connectivity index (χ2v) is 5.40. The Morgan fingerprint density at radius 3 is 2.37 bits per heavy atom. The van der Waals surface area contributed by atoms with Gasteiger partial charge in [0.1, 0.15) is 0 Å². The Morgan fingerprint density at radius 1 is 0.895 bits per heavy atom. The Morgan fingerprint density at radius 2 is 1.63 bits per heavy atom. The lowest BCUT2D eigenvalue weighted by Gasteiger charge is -2.30. The first-order valence-electron chi connectivity index (χ1n) is 7.06. The summed E-state index contributed by atoms with van der Waals surface area (Å²) in [5.74, 6) is 0.626. The molecule has 0 aromatic heterocycles. The molecule has 3 rings (SSSR count). The van der Waals surface area contributed by atoms with E-state index in [1.54, 1.807) is 0 Å². The van der Waals surface area contributed by atoms with E-state index in [4.69, 9.17) is 4.74 Å². The molecule has 2 aromatic carbocycles. The molecule has 98 valence electrons. The molecule has 1 aliphatic heterocycles. The van der Waals surface area contributed by atoms with Crippen molar-refractivity contribution in [2.75, 3.05) is 6.61 Å². The van der Waals surface area contributed by atoms with Crippen LogP contribution < -0.4 is 0 Å². The number of benzene rings is 2. The van der Waals surface area contributed by atoms with Crippen molar-refractivity contribution in [1.29, 1.82) is 0 Å². The van der Waals surface area contributed by atoms with Gasteiger partial charge < -0.3 is 4.74 Å². The van der Waals surface area contributed by atoms with Gasteiger partial charge in [0.2, 0.25) is 0 Å². The fourth-order valence-electron chi connectivity index (χ4n) is 2.84. The van der Waals surface area contributed by atoms with Crippen LogP contribution in [0.25, 0.3) is 0 Å². The zero-order valence-electron chi connectivity index (χ0n) is 11.4. The summed E-state index contributed by atoms with van der Waals surface area (Å²) >= 11 is 0. The third-order valence-electron chi connectivity index (χ3n) is 4.00. The maximum absolute atomic E-state index is 5.96. The van der Waals surface area contributed by atoms with Gasteiger partial charge in [0, 0.05) is 6.61 Å². The van der Waals surface area contributed by atoms with E-state index in [2.05, 4.69) is 61.5 Å². The van der Waals surface area contributed by atoms with Crippen LogP contribution in [0.15, 0.2) is 54.6 Å². The molecule has 1 saturated heterocycles. The van der Waals surface area contributed by atoms with Gasteiger partial charge in [-0.25, -0.2) is 0 Å². The predicted molar refractivity (Wildman–Crippen MR) is 78.3 cm³/mol. The summed E-state index contributed by atoms with van der Waals surface area (Å²) < 4.78 is 5.96. The lowest BCUT2D eigenvalue weighted by molar-refractivity contribution is 0.00526. The van der Waals surface area contributed by atoms with Gasteiger partial charge in [-0.05, 0) is 36.8 Å². The highest BCUT2D eigenvalue weighted by Crippen LogP contribution is 2.37. The molecule has 2 atom stereocenters. The van der Waals surface area contributed by atoms with Crippen LogP contribution in [0.2, 0.25) is 0 Å². The van der Waals surface area contributed by atoms with Crippen LogP contribution in [0.4, 0.5) is 0 Å². The predicted octanol–water partition coefficient (Wildman–Crippen LogP) is 4.63. The zero-order valence-corrected chi connectivity index (χ0v) is 11.4. The van der Waals surface area contributed by atoms with Crippen molar-refractivity contribution in [3.05, 3.63) is 71.3 Å². The molecule has 0 radical (unpaired) electrons. The average molecular weight is 252 g/mol. The number of aryl methyl sites for hydroxylation is 1. The van der Waals surface area contributed by atoms with E-state index >= 15 is 0 Å². The lowest BCUT2D eigenvalue weighted by atomic mass is 9.86. The topological polar surface area (TPSA) is 9.23 Å². The molecule has 2 aromatic rings. The fourth-order valence-corrected chi connectivity index (χ4v) is 2.84. The minimum atomic E-state index is 0.250. The highest BCUT2D eigenvalue weighted by Gasteiger charge is 2.24. The average Bonchev–Trinajstić information content (AvgIpc) is 2.49. The number of hydrogen-bond donors (Lipinski definition) is 0. The monoisotopic (exact) mass is 252 g/mol. The van der Waals surface area contributed by atoms with Gasteiger partial charge in [-0.2, -0.15) is 0 Å². The molecule has 1 heterocycles. The quantitative estimate of drug-likeness (QED) is 0.757. The Labute approximate surface area is 115 Å². The first kappa shape index (κ1) is 12.4. The van der Waals surface area contributed by atoms with Crippen LogP contribution in [0, 0.1) is 6.92 Å². The molecule has 19 heavy (non-hydrogen) atoms. The van der Waals surface area contributed by atoms with Crippen molar-refractivity contribution in [3.8, 4) is 0 Å². The molecule has 0 unspecified atom stereocenters. The fraction of sp³-hybridized carbons (Fsp3) is 0.333. The number of hydrogen-bond acceptors (Lipinski definition) is 1. The zero-order chi connectivity index (χ0) is 13.1. The van der Waals surface area contributed by atoms with E-state index < -0.39 is 0 Å². The first-order chi connectivity index (χ1) is 9.33. The Hall–Kier alpha value is -1.60. The van der Waals surface area contributed by atoms with Crippen molar-refractivity contribution in [2.24, 2.45) is 0 Å². The van der Waals surface area contributed by atoms with Crippen LogP contribution in [0.3, 0.4) is 0 Å². The van der Waals surface area contributed by atoms with Gasteiger partial charge in [0.15, 0.2) is 0 Å². The number of ether oxygens (including phenoxy) is 1. The Kier molecular flexibility index (Phi) is 3.65. The first-order valence-corrected chi connectivity index (χ1v) is 7.06. The molecule has 0 saturated carbocycles. The maximum Gasteiger partial charge on any atom is 0.0830 e. The van der Waals surface area contributed by atoms with Gasteiger partial charge in [0.05, 0.1) is 6.10 Å². The summed E-state index contributed by atoms with van der Waals surface area (Å²) in [6.07, 6.45) is 2.47. The van der Waals surface area contributed by atoms with Crippen LogP contribution >= 0.6 is 0 Å². The summed E-state index contributed by atoms with van der Waals surface area (Å²) in [5.41, 5.74) is 4.06. The second-order valence-electron chi connectivity index (χ2n) is 5.40. The van der Waals surface area contributed by atoms with Gasteiger partial charge >= 0.3 is 0 Å². The van der Waals surface area contributed by atoms with Gasteiger partial charge in [-0.1, -0.05) is 60.2 Å². The van der Waals surface area contributed by atoms with Crippen LogP contribution in [0.1, 0.15) is 41.6 Å². The van der Waals surface area contributed by atoms with E-state index in [9.17, 15) is 0 Å². The van der Waals surface area contributed by atoms with E-state index in [0.29, 0.717) is 5.92 Å². The van der Waals surface area contributed by atoms with E-state index in [1.165, 1.54) is 16.7 Å². The molecule has 0 amide bonds. The number of rotatable bonds is 2. The molecule has 0 spiro atoms. The van der Waals surface area contributed by atoms with Crippen LogP contribution in [-0.4, -0.2) is 6.61 Å². The smallest absolute Gasteiger partial charge is 0.0830 e. The van der Waals surface area contributed by atoms with Crippen molar-refractivity contribution in [1.82, 2.24) is 0 Å². The summed E-state index contributed by atoms with van der Waals surface area (Å²) in [6, 6.07) is 19.6. The summed E-state index contributed by atoms with van der Waals surface area (Å²) in [7, 11) is 0. The maximum atomic E-state index is 5.96. The normalized spacial score (nSPS) is 23.2. The molecule has 1 fully saturated rings. The van der Waals surface area contributed by atoms with Gasteiger partial charge in [-0.15, -0.1) is 0 Å². The van der Waals surface area contributed by atoms with E-state index in [1.807, 2.05) is 0 Å². The summed E-state index contributed by atoms with van der Waals surface area (Å²) in [4.78, 5) is 0. The minimum absolute atomic E-state index is 0.250. The van der Waals surface area contributed by atoms with Gasteiger partial charge in [-0.3, -0.25) is 0 Å². The highest BCUT2D eigenvalue weighted by atomic mass is 16.5. The molecule has 0 bridgehead atoms. The minimum Gasteiger partial charge on any atom is -0.373 e. The molecule has 1 aliphatic rings. The van der Waals surface area contributed by atoms with Crippen molar-refractivity contribution >= 4 is 0 Å². The molecular formula is C18H20O. The van der Waals surface area contributed by atoms with Crippen molar-refractivity contribution in [2.45, 2.75) is 31.8 Å². The second kappa shape index (κ2) is 5.58. The third-order valence-corrected chi connectivity index (χ3v) is 4.00. The Balaban J connectivity index is 1.76. The van der Waals surface area contributed by atoms with Gasteiger partial charge in [0.25, 0.3) is 0 Å². The standard InChI is InChI=1S/C18H20O/c1-14-7-9-16(10-8-14)18-13-17(11-12-19-18)15-5-3-2-4-6-15/h2-10,17-18H,11-13H2,1H3/t17-,18+/m0/s1. The Bertz CT molecular complexity index is 515. The van der Waals surface area contributed by atoms with Crippen molar-refractivity contribution in [3.63, 3.8) is 0 Å². The third kappa shape index (κ3) is 2.87. The van der Waals surface area contributed by atoms with Crippen molar-refractivity contribution < 1.29 is 4.74 Å². The molecular weight excluding hydrogens is 232 g/mol. The molecule has 1 heteroatoms. The molecule has 0 aliphatic carbocycles. The SMILES string of the molecule is Cc1ccc([C@H]2C[C@@H](c3ccccc3)CCO2)cc1. The van der Waals surface area contributed by atoms with Crippen LogP contribution in [-0.2, 0) is 4.74 Å². The highest BCUT2D eigenvalue weighted by molar-refractivity contribution is 5.26. The van der Waals surface area contributed by atoms with E-state index in [-0.39, 0.29) is 6.10 Å². The summed E-state index contributed by atoms with van der Waals surface area (Å²) in [6.45, 7) is 2.98. The lowest BCUT2D eigenvalue weighted by Crippen LogP contribution is -2.18. The van der Waals surface area contributed by atoms with Crippen LogP contribution in [0.5, 0.6) is 0 Å². The molecule has 1 nitrogen and oxygen atoms in total.